The Morgan fingerprint density at radius 1 is 1.41 bits per heavy atom. The van der Waals surface area contributed by atoms with Crippen LogP contribution in [0, 0.1) is 11.3 Å². The SMILES string of the molecule is N#CCn1nc(C(=O)O)c2ccccc2c1=O. The van der Waals surface area contributed by atoms with E-state index in [1.165, 1.54) is 12.1 Å². The van der Waals surface area contributed by atoms with Gasteiger partial charge in [-0.3, -0.25) is 4.79 Å². The van der Waals surface area contributed by atoms with E-state index in [9.17, 15) is 9.59 Å². The van der Waals surface area contributed by atoms with Gasteiger partial charge >= 0.3 is 5.97 Å². The Bertz CT molecular complexity index is 697. The molecule has 0 amide bonds. The van der Waals surface area contributed by atoms with E-state index in [1.54, 1.807) is 18.2 Å². The van der Waals surface area contributed by atoms with Gasteiger partial charge in [0, 0.05) is 5.39 Å². The van der Waals surface area contributed by atoms with Crippen molar-refractivity contribution in [3.05, 3.63) is 40.3 Å². The van der Waals surface area contributed by atoms with Gasteiger partial charge in [-0.1, -0.05) is 18.2 Å². The molecule has 0 radical (unpaired) electrons. The Morgan fingerprint density at radius 3 is 2.65 bits per heavy atom. The molecule has 0 saturated heterocycles. The summed E-state index contributed by atoms with van der Waals surface area (Å²) in [5.74, 6) is -1.23. The van der Waals surface area contributed by atoms with Gasteiger partial charge in [0.25, 0.3) is 5.56 Å². The van der Waals surface area contributed by atoms with E-state index in [2.05, 4.69) is 5.10 Å². The van der Waals surface area contributed by atoms with Crippen LogP contribution in [0.15, 0.2) is 29.1 Å². The summed E-state index contributed by atoms with van der Waals surface area (Å²) < 4.78 is 0.853. The van der Waals surface area contributed by atoms with Crippen molar-refractivity contribution in [2.45, 2.75) is 6.54 Å². The van der Waals surface area contributed by atoms with Crippen LogP contribution >= 0.6 is 0 Å². The second-order valence-electron chi connectivity index (χ2n) is 3.32. The van der Waals surface area contributed by atoms with Crippen molar-refractivity contribution in [3.8, 4) is 6.07 Å². The number of aromatic carboxylic acids is 1. The van der Waals surface area contributed by atoms with Crippen molar-refractivity contribution in [2.24, 2.45) is 0 Å². The zero-order chi connectivity index (χ0) is 12.4. The summed E-state index contributed by atoms with van der Waals surface area (Å²) >= 11 is 0. The number of hydrogen-bond acceptors (Lipinski definition) is 4. The standard InChI is InChI=1S/C11H7N3O3/c12-5-6-14-10(15)8-4-2-1-3-7(8)9(13-14)11(16)17/h1-4H,6H2,(H,16,17). The Hall–Kier alpha value is -2.68. The number of aromatic nitrogens is 2. The highest BCUT2D eigenvalue weighted by Gasteiger charge is 2.14. The van der Waals surface area contributed by atoms with Crippen LogP contribution in [-0.4, -0.2) is 20.9 Å². The number of carboxylic acid groups (broad SMARTS) is 1. The summed E-state index contributed by atoms with van der Waals surface area (Å²) in [6.45, 7) is -0.274. The third-order valence-corrected chi connectivity index (χ3v) is 2.29. The van der Waals surface area contributed by atoms with Gasteiger partial charge in [0.05, 0.1) is 11.5 Å². The molecule has 17 heavy (non-hydrogen) atoms. The van der Waals surface area contributed by atoms with E-state index < -0.39 is 11.5 Å². The van der Waals surface area contributed by atoms with Gasteiger partial charge in [-0.25, -0.2) is 9.48 Å². The predicted octanol–water partition coefficient (Wildman–Crippen LogP) is 0.618. The Kier molecular flexibility index (Phi) is 2.58. The first-order valence-electron chi connectivity index (χ1n) is 4.75. The molecule has 1 aromatic carbocycles. The monoisotopic (exact) mass is 229 g/mol. The van der Waals surface area contributed by atoms with Crippen LogP contribution in [0.3, 0.4) is 0 Å². The molecule has 2 aromatic rings. The quantitative estimate of drug-likeness (QED) is 0.814. The molecule has 0 unspecified atom stereocenters. The molecule has 0 aliphatic rings. The van der Waals surface area contributed by atoms with Crippen molar-refractivity contribution in [1.82, 2.24) is 9.78 Å². The molecule has 0 atom stereocenters. The lowest BCUT2D eigenvalue weighted by Gasteiger charge is -2.05. The third kappa shape index (κ3) is 1.74. The maximum absolute atomic E-state index is 11.8. The van der Waals surface area contributed by atoms with Gasteiger partial charge in [0.15, 0.2) is 5.69 Å². The molecule has 6 nitrogen and oxygen atoms in total. The highest BCUT2D eigenvalue weighted by molar-refractivity contribution is 6.01. The second kappa shape index (κ2) is 4.06. The maximum atomic E-state index is 11.8. The summed E-state index contributed by atoms with van der Waals surface area (Å²) in [4.78, 5) is 22.9. The molecule has 0 aliphatic carbocycles. The zero-order valence-corrected chi connectivity index (χ0v) is 8.62. The number of benzene rings is 1. The molecule has 0 spiro atoms. The van der Waals surface area contributed by atoms with E-state index >= 15 is 0 Å². The van der Waals surface area contributed by atoms with Crippen molar-refractivity contribution in [1.29, 1.82) is 5.26 Å². The van der Waals surface area contributed by atoms with Crippen molar-refractivity contribution < 1.29 is 9.90 Å². The number of carboxylic acids is 1. The maximum Gasteiger partial charge on any atom is 0.357 e. The van der Waals surface area contributed by atoms with Crippen LogP contribution in [-0.2, 0) is 6.54 Å². The normalized spacial score (nSPS) is 10.1. The highest BCUT2D eigenvalue weighted by Crippen LogP contribution is 2.12. The average Bonchev–Trinajstić information content (AvgIpc) is 2.32. The van der Waals surface area contributed by atoms with Gasteiger partial charge < -0.3 is 5.11 Å². The first-order chi connectivity index (χ1) is 8.15. The zero-order valence-electron chi connectivity index (χ0n) is 8.62. The lowest BCUT2D eigenvalue weighted by atomic mass is 10.1. The highest BCUT2D eigenvalue weighted by atomic mass is 16.4. The fourth-order valence-corrected chi connectivity index (χ4v) is 1.57. The van der Waals surface area contributed by atoms with Gasteiger partial charge in [0.1, 0.15) is 6.54 Å². The van der Waals surface area contributed by atoms with Gasteiger partial charge in [-0.05, 0) is 6.07 Å². The molecule has 0 aliphatic heterocycles. The van der Waals surface area contributed by atoms with Crippen molar-refractivity contribution in [3.63, 3.8) is 0 Å². The van der Waals surface area contributed by atoms with Crippen molar-refractivity contribution in [2.75, 3.05) is 0 Å². The summed E-state index contributed by atoms with van der Waals surface area (Å²) in [5, 5.41) is 21.7. The minimum Gasteiger partial charge on any atom is -0.476 e. The molecule has 0 bridgehead atoms. The van der Waals surface area contributed by atoms with Gasteiger partial charge in [0.2, 0.25) is 0 Å². The molecule has 0 saturated carbocycles. The lowest BCUT2D eigenvalue weighted by molar-refractivity contribution is 0.0690. The van der Waals surface area contributed by atoms with E-state index in [0.717, 1.165) is 4.68 Å². The first-order valence-corrected chi connectivity index (χ1v) is 4.75. The van der Waals surface area contributed by atoms with Gasteiger partial charge in [-0.2, -0.15) is 10.4 Å². The Balaban J connectivity index is 2.91. The minimum atomic E-state index is -1.23. The first kappa shape index (κ1) is 10.8. The second-order valence-corrected chi connectivity index (χ2v) is 3.32. The third-order valence-electron chi connectivity index (χ3n) is 2.29. The van der Waals surface area contributed by atoms with Gasteiger partial charge in [-0.15, -0.1) is 0 Å². The summed E-state index contributed by atoms with van der Waals surface area (Å²) in [7, 11) is 0. The number of fused-ring (bicyclic) bond motifs is 1. The number of nitrogens with zero attached hydrogens (tertiary/aromatic N) is 3. The van der Waals surface area contributed by atoms with Crippen LogP contribution in [0.2, 0.25) is 0 Å². The molecule has 84 valence electrons. The Morgan fingerprint density at radius 2 is 2.06 bits per heavy atom. The smallest absolute Gasteiger partial charge is 0.357 e. The van der Waals surface area contributed by atoms with E-state index in [0.29, 0.717) is 0 Å². The summed E-state index contributed by atoms with van der Waals surface area (Å²) in [5.41, 5.74) is -0.692. The van der Waals surface area contributed by atoms with E-state index in [4.69, 9.17) is 10.4 Å². The molecular weight excluding hydrogens is 222 g/mol. The number of carbonyl (C=O) groups is 1. The number of rotatable bonds is 2. The number of nitriles is 1. The van der Waals surface area contributed by atoms with E-state index in [1.807, 2.05) is 0 Å². The summed E-state index contributed by atoms with van der Waals surface area (Å²) in [6, 6.07) is 8.06. The molecule has 1 aromatic heterocycles. The minimum absolute atomic E-state index is 0.226. The molecule has 1 N–H and O–H groups in total. The fraction of sp³-hybridized carbons (Fsp3) is 0.0909. The topological polar surface area (TPSA) is 96.0 Å². The largest absolute Gasteiger partial charge is 0.476 e. The predicted molar refractivity (Wildman–Crippen MR) is 58.6 cm³/mol. The van der Waals surface area contributed by atoms with Crippen molar-refractivity contribution >= 4 is 16.7 Å². The fourth-order valence-electron chi connectivity index (χ4n) is 1.57. The molecular formula is C11H7N3O3. The number of hydrogen-bond donors (Lipinski definition) is 1. The molecule has 6 heteroatoms. The summed E-state index contributed by atoms with van der Waals surface area (Å²) in [6.07, 6.45) is 0. The lowest BCUT2D eigenvalue weighted by Crippen LogP contribution is -2.25. The van der Waals surface area contributed by atoms with Crippen LogP contribution in [0.25, 0.3) is 10.8 Å². The molecule has 0 fully saturated rings. The average molecular weight is 229 g/mol. The van der Waals surface area contributed by atoms with Crippen LogP contribution in [0.1, 0.15) is 10.5 Å². The van der Waals surface area contributed by atoms with Crippen LogP contribution in [0.5, 0.6) is 0 Å². The molecule has 1 heterocycles. The Labute approximate surface area is 95.3 Å². The van der Waals surface area contributed by atoms with Crippen LogP contribution in [0.4, 0.5) is 0 Å². The van der Waals surface area contributed by atoms with E-state index in [-0.39, 0.29) is 23.0 Å². The van der Waals surface area contributed by atoms with Crippen LogP contribution < -0.4 is 5.56 Å². The molecule has 2 rings (SSSR count).